The summed E-state index contributed by atoms with van der Waals surface area (Å²) in [5.74, 6) is 0.771. The average molecular weight is 335 g/mol. The lowest BCUT2D eigenvalue weighted by Gasteiger charge is -2.57. The van der Waals surface area contributed by atoms with Crippen molar-refractivity contribution in [2.75, 3.05) is 13.7 Å². The van der Waals surface area contributed by atoms with Crippen LogP contribution in [0.1, 0.15) is 65.7 Å². The molecule has 24 heavy (non-hydrogen) atoms. The van der Waals surface area contributed by atoms with Crippen LogP contribution in [0.25, 0.3) is 0 Å². The molecule has 0 saturated heterocycles. The van der Waals surface area contributed by atoms with Crippen molar-refractivity contribution in [3.05, 3.63) is 23.8 Å². The van der Waals surface area contributed by atoms with Gasteiger partial charge < -0.3 is 9.84 Å². The van der Waals surface area contributed by atoms with Crippen molar-refractivity contribution in [2.45, 2.75) is 65.7 Å². The fraction of sp³-hybridized carbons (Fsp3) is 0.762. The van der Waals surface area contributed by atoms with Gasteiger partial charge >= 0.3 is 5.97 Å². The first kappa shape index (κ1) is 19.2. The van der Waals surface area contributed by atoms with Crippen molar-refractivity contribution in [3.63, 3.8) is 0 Å². The Labute approximate surface area is 147 Å². The summed E-state index contributed by atoms with van der Waals surface area (Å²) in [5, 5.41) is 9.08. The Morgan fingerprint density at radius 1 is 1.42 bits per heavy atom. The van der Waals surface area contributed by atoms with E-state index in [9.17, 15) is 4.79 Å². The zero-order chi connectivity index (χ0) is 18.0. The number of methoxy groups -OCH3 is 1. The van der Waals surface area contributed by atoms with Crippen molar-refractivity contribution >= 4 is 5.97 Å². The lowest BCUT2D eigenvalue weighted by Crippen LogP contribution is -2.53. The Balaban J connectivity index is 2.27. The Morgan fingerprint density at radius 3 is 2.75 bits per heavy atom. The summed E-state index contributed by atoms with van der Waals surface area (Å²) in [5.41, 5.74) is 2.34. The summed E-state index contributed by atoms with van der Waals surface area (Å²) in [6.07, 6.45) is 9.17. The molecule has 3 heteroatoms. The maximum Gasteiger partial charge on any atom is 0.311 e. The molecule has 2 fully saturated rings. The van der Waals surface area contributed by atoms with Crippen LogP contribution in [0.3, 0.4) is 0 Å². The largest absolute Gasteiger partial charge is 0.469 e. The van der Waals surface area contributed by atoms with Gasteiger partial charge in [0, 0.05) is 0 Å². The van der Waals surface area contributed by atoms with Crippen LogP contribution >= 0.6 is 0 Å². The molecule has 136 valence electrons. The van der Waals surface area contributed by atoms with Crippen LogP contribution in [-0.4, -0.2) is 24.8 Å². The van der Waals surface area contributed by atoms with Crippen LogP contribution in [-0.2, 0) is 9.53 Å². The molecule has 3 nitrogen and oxygen atoms in total. The summed E-state index contributed by atoms with van der Waals surface area (Å²) in [4.78, 5) is 12.5. The van der Waals surface area contributed by atoms with Crippen molar-refractivity contribution < 1.29 is 14.6 Å². The molecule has 4 atom stereocenters. The van der Waals surface area contributed by atoms with Crippen molar-refractivity contribution in [3.8, 4) is 0 Å². The van der Waals surface area contributed by atoms with E-state index in [-0.39, 0.29) is 23.4 Å². The number of ether oxygens (including phenoxy) is 1. The number of aliphatic hydroxyl groups is 1. The van der Waals surface area contributed by atoms with Gasteiger partial charge in [-0.15, -0.1) is 0 Å². The van der Waals surface area contributed by atoms with E-state index in [0.717, 1.165) is 44.9 Å². The first-order valence-electron chi connectivity index (χ1n) is 9.32. The predicted molar refractivity (Wildman–Crippen MR) is 97.5 cm³/mol. The number of aliphatic hydroxyl groups excluding tert-OH is 1. The molecule has 1 N–H and O–H groups in total. The van der Waals surface area contributed by atoms with E-state index in [4.69, 9.17) is 9.84 Å². The Hall–Kier alpha value is -1.09. The molecule has 0 radical (unpaired) electrons. The standard InChI is InChI=1S/C21H34O3/c1-15(11-14-22)7-9-17-16(2)8-10-18-20(17,3)12-6-13-21(18,4)19(23)24-5/h11,17-18,22H,2,6-10,12-14H2,1,3-5H3/b15-11-/t17-,18+,20+,21-/m0/s1. The molecule has 0 aromatic heterocycles. The highest BCUT2D eigenvalue weighted by Gasteiger charge is 2.57. The van der Waals surface area contributed by atoms with Gasteiger partial charge in [-0.25, -0.2) is 0 Å². The van der Waals surface area contributed by atoms with E-state index in [0.29, 0.717) is 11.8 Å². The van der Waals surface area contributed by atoms with Gasteiger partial charge in [0.2, 0.25) is 0 Å². The summed E-state index contributed by atoms with van der Waals surface area (Å²) in [6, 6.07) is 0. The molecule has 0 heterocycles. The SMILES string of the molecule is C=C1CC[C@@H]2[C@](C)(CCC[C@]2(C)C(=O)OC)[C@H]1CC/C(C)=C\CO. The molecule has 0 aliphatic heterocycles. The summed E-state index contributed by atoms with van der Waals surface area (Å²) in [6.45, 7) is 11.1. The molecule has 2 rings (SSSR count). The number of allylic oxidation sites excluding steroid dienone is 2. The monoisotopic (exact) mass is 334 g/mol. The minimum absolute atomic E-state index is 0.0407. The molecule has 0 aromatic carbocycles. The Morgan fingerprint density at radius 2 is 2.12 bits per heavy atom. The average Bonchev–Trinajstić information content (AvgIpc) is 2.53. The fourth-order valence-electron chi connectivity index (χ4n) is 5.59. The lowest BCUT2D eigenvalue weighted by atomic mass is 9.46. The highest BCUT2D eigenvalue weighted by atomic mass is 16.5. The van der Waals surface area contributed by atoms with Gasteiger partial charge in [-0.1, -0.05) is 37.1 Å². The van der Waals surface area contributed by atoms with Gasteiger partial charge in [0.25, 0.3) is 0 Å². The van der Waals surface area contributed by atoms with Gasteiger partial charge in [0.1, 0.15) is 0 Å². The molecule has 0 aromatic rings. The van der Waals surface area contributed by atoms with Crippen LogP contribution < -0.4 is 0 Å². The topological polar surface area (TPSA) is 46.5 Å². The Bertz CT molecular complexity index is 521. The molecule has 0 bridgehead atoms. The highest BCUT2D eigenvalue weighted by Crippen LogP contribution is 2.62. The number of carbonyl (C=O) groups excluding carboxylic acids is 1. The fourth-order valence-corrected chi connectivity index (χ4v) is 5.59. The zero-order valence-electron chi connectivity index (χ0n) is 15.9. The molecular formula is C21H34O3. The molecule has 2 aliphatic carbocycles. The molecule has 0 amide bonds. The minimum atomic E-state index is -0.364. The maximum absolute atomic E-state index is 12.5. The molecule has 0 unspecified atom stereocenters. The summed E-state index contributed by atoms with van der Waals surface area (Å²) >= 11 is 0. The van der Waals surface area contributed by atoms with Gasteiger partial charge in [0.05, 0.1) is 19.1 Å². The quantitative estimate of drug-likeness (QED) is 0.587. The minimum Gasteiger partial charge on any atom is -0.469 e. The van der Waals surface area contributed by atoms with Crippen molar-refractivity contribution in [1.29, 1.82) is 0 Å². The smallest absolute Gasteiger partial charge is 0.311 e. The second-order valence-electron chi connectivity index (χ2n) is 8.34. The van der Waals surface area contributed by atoms with Gasteiger partial charge in [-0.2, -0.15) is 0 Å². The Kier molecular flexibility index (Phi) is 5.95. The third-order valence-electron chi connectivity index (χ3n) is 6.94. The van der Waals surface area contributed by atoms with E-state index in [1.54, 1.807) is 0 Å². The lowest BCUT2D eigenvalue weighted by molar-refractivity contribution is -0.168. The van der Waals surface area contributed by atoms with Gasteiger partial charge in [0.15, 0.2) is 0 Å². The van der Waals surface area contributed by atoms with Crippen LogP contribution in [0.4, 0.5) is 0 Å². The third-order valence-corrected chi connectivity index (χ3v) is 6.94. The van der Waals surface area contributed by atoms with Gasteiger partial charge in [-0.3, -0.25) is 4.79 Å². The predicted octanol–water partition coefficient (Wildman–Crippen LogP) is 4.66. The van der Waals surface area contributed by atoms with E-state index >= 15 is 0 Å². The second-order valence-corrected chi connectivity index (χ2v) is 8.34. The summed E-state index contributed by atoms with van der Waals surface area (Å²) < 4.78 is 5.18. The van der Waals surface area contributed by atoms with Crippen LogP contribution in [0.2, 0.25) is 0 Å². The zero-order valence-corrected chi connectivity index (χ0v) is 15.9. The maximum atomic E-state index is 12.5. The molecule has 0 spiro atoms. The molecule has 2 saturated carbocycles. The van der Waals surface area contributed by atoms with Crippen LogP contribution in [0.5, 0.6) is 0 Å². The second kappa shape index (κ2) is 7.43. The van der Waals surface area contributed by atoms with E-state index in [1.807, 2.05) is 6.08 Å². The number of rotatable bonds is 5. The van der Waals surface area contributed by atoms with Crippen LogP contribution in [0, 0.1) is 22.7 Å². The first-order chi connectivity index (χ1) is 11.3. The number of fused-ring (bicyclic) bond motifs is 1. The first-order valence-corrected chi connectivity index (χ1v) is 9.32. The van der Waals surface area contributed by atoms with Crippen molar-refractivity contribution in [1.82, 2.24) is 0 Å². The molecular weight excluding hydrogens is 300 g/mol. The van der Waals surface area contributed by atoms with Crippen LogP contribution in [0.15, 0.2) is 23.8 Å². The van der Waals surface area contributed by atoms with Gasteiger partial charge in [-0.05, 0) is 69.6 Å². The number of carbonyl (C=O) groups is 1. The van der Waals surface area contributed by atoms with E-state index in [2.05, 4.69) is 27.4 Å². The van der Waals surface area contributed by atoms with E-state index in [1.165, 1.54) is 18.3 Å². The highest BCUT2D eigenvalue weighted by molar-refractivity contribution is 5.77. The summed E-state index contributed by atoms with van der Waals surface area (Å²) in [7, 11) is 1.52. The normalized spacial score (nSPS) is 37.0. The van der Waals surface area contributed by atoms with Crippen molar-refractivity contribution in [2.24, 2.45) is 22.7 Å². The number of hydrogen-bond acceptors (Lipinski definition) is 3. The number of esters is 1. The van der Waals surface area contributed by atoms with E-state index < -0.39 is 0 Å². The number of hydrogen-bond donors (Lipinski definition) is 1. The third kappa shape index (κ3) is 3.33. The molecule has 2 aliphatic rings.